The molecule has 2 fully saturated rings. The molecule has 2 N–H and O–H groups in total. The summed E-state index contributed by atoms with van der Waals surface area (Å²) in [5, 5.41) is 0. The topological polar surface area (TPSA) is 49.6 Å². The first-order valence-electron chi connectivity index (χ1n) is 7.13. The summed E-state index contributed by atoms with van der Waals surface area (Å²) in [7, 11) is 2.10. The van der Waals surface area contributed by atoms with E-state index in [2.05, 4.69) is 25.8 Å². The maximum Gasteiger partial charge on any atom is 0.227 e. The molecule has 2 saturated heterocycles. The minimum atomic E-state index is 0.108. The van der Waals surface area contributed by atoms with Crippen molar-refractivity contribution >= 4 is 5.91 Å². The predicted molar refractivity (Wildman–Crippen MR) is 73.2 cm³/mol. The number of carbonyl (C=O) groups excluding carboxylic acids is 1. The highest BCUT2D eigenvalue weighted by atomic mass is 16.2. The van der Waals surface area contributed by atoms with Crippen LogP contribution in [-0.2, 0) is 4.79 Å². The van der Waals surface area contributed by atoms with Crippen molar-refractivity contribution in [1.82, 2.24) is 9.80 Å². The van der Waals surface area contributed by atoms with Gasteiger partial charge in [-0.3, -0.25) is 4.79 Å². The Morgan fingerprint density at radius 1 is 1.28 bits per heavy atom. The predicted octanol–water partition coefficient (Wildman–Crippen LogP) is 0.914. The Labute approximate surface area is 110 Å². The Hall–Kier alpha value is -0.610. The molecule has 0 bridgehead atoms. The Morgan fingerprint density at radius 2 is 2.00 bits per heavy atom. The average Bonchev–Trinajstić information content (AvgIpc) is 2.32. The minimum Gasteiger partial charge on any atom is -0.341 e. The van der Waals surface area contributed by atoms with Gasteiger partial charge in [0.25, 0.3) is 0 Å². The maximum atomic E-state index is 12.5. The summed E-state index contributed by atoms with van der Waals surface area (Å²) in [6, 6.07) is 0.108. The number of hydrogen-bond acceptors (Lipinski definition) is 3. The fraction of sp³-hybridized carbons (Fsp3) is 0.929. The molecule has 4 nitrogen and oxygen atoms in total. The zero-order chi connectivity index (χ0) is 13.3. The smallest absolute Gasteiger partial charge is 0.227 e. The summed E-state index contributed by atoms with van der Waals surface area (Å²) >= 11 is 0. The summed E-state index contributed by atoms with van der Waals surface area (Å²) in [4.78, 5) is 16.8. The molecular weight excluding hydrogens is 226 g/mol. The molecule has 0 aromatic carbocycles. The van der Waals surface area contributed by atoms with Crippen LogP contribution in [0.2, 0.25) is 0 Å². The van der Waals surface area contributed by atoms with Gasteiger partial charge in [-0.25, -0.2) is 0 Å². The number of nitrogens with zero attached hydrogens (tertiary/aromatic N) is 2. The molecule has 0 spiro atoms. The zero-order valence-electron chi connectivity index (χ0n) is 12.0. The molecule has 0 aromatic heterocycles. The third-order valence-corrected chi connectivity index (χ3v) is 4.73. The van der Waals surface area contributed by atoms with Gasteiger partial charge in [-0.15, -0.1) is 0 Å². The maximum absolute atomic E-state index is 12.5. The van der Waals surface area contributed by atoms with Crippen LogP contribution in [0.3, 0.4) is 0 Å². The van der Waals surface area contributed by atoms with E-state index in [1.54, 1.807) is 0 Å². The summed E-state index contributed by atoms with van der Waals surface area (Å²) in [6.07, 6.45) is 3.19. The molecule has 1 amide bonds. The Balaban J connectivity index is 1.94. The Morgan fingerprint density at radius 3 is 2.61 bits per heavy atom. The lowest BCUT2D eigenvalue weighted by molar-refractivity contribution is -0.139. The van der Waals surface area contributed by atoms with Gasteiger partial charge in [-0.1, -0.05) is 13.8 Å². The molecule has 2 rings (SSSR count). The lowest BCUT2D eigenvalue weighted by atomic mass is 9.78. The fourth-order valence-electron chi connectivity index (χ4n) is 3.01. The summed E-state index contributed by atoms with van der Waals surface area (Å²) in [5.41, 5.74) is 6.36. The Kier molecular flexibility index (Phi) is 3.97. The van der Waals surface area contributed by atoms with E-state index in [-0.39, 0.29) is 17.4 Å². The number of rotatable bonds is 1. The standard InChI is InChI=1S/C14H27N3O/c1-14(2)6-8-17(10-12(14)15)13(18)11-5-4-7-16(3)9-11/h11-12H,4-10,15H2,1-3H3. The molecular formula is C14H27N3O. The highest BCUT2D eigenvalue weighted by Crippen LogP contribution is 2.30. The van der Waals surface area contributed by atoms with E-state index in [0.717, 1.165) is 45.4 Å². The minimum absolute atomic E-state index is 0.108. The first-order chi connectivity index (χ1) is 8.40. The van der Waals surface area contributed by atoms with E-state index in [1.165, 1.54) is 0 Å². The van der Waals surface area contributed by atoms with E-state index in [1.807, 2.05) is 4.90 Å². The quantitative estimate of drug-likeness (QED) is 0.756. The first kappa shape index (κ1) is 13.8. The number of nitrogens with two attached hydrogens (primary N) is 1. The van der Waals surface area contributed by atoms with E-state index in [0.29, 0.717) is 5.91 Å². The molecule has 0 saturated carbocycles. The van der Waals surface area contributed by atoms with Crippen molar-refractivity contribution in [3.8, 4) is 0 Å². The second kappa shape index (κ2) is 5.17. The highest BCUT2D eigenvalue weighted by molar-refractivity contribution is 5.79. The van der Waals surface area contributed by atoms with Crippen LogP contribution in [0.25, 0.3) is 0 Å². The van der Waals surface area contributed by atoms with Crippen LogP contribution in [0.4, 0.5) is 0 Å². The van der Waals surface area contributed by atoms with Crippen molar-refractivity contribution in [2.75, 3.05) is 33.2 Å². The van der Waals surface area contributed by atoms with Gasteiger partial charge in [-0.05, 0) is 38.3 Å². The van der Waals surface area contributed by atoms with E-state index >= 15 is 0 Å². The average molecular weight is 253 g/mol. The van der Waals surface area contributed by atoms with Gasteiger partial charge in [-0.2, -0.15) is 0 Å². The molecule has 0 aliphatic carbocycles. The van der Waals surface area contributed by atoms with Gasteiger partial charge in [0.2, 0.25) is 5.91 Å². The van der Waals surface area contributed by atoms with Gasteiger partial charge < -0.3 is 15.5 Å². The van der Waals surface area contributed by atoms with Crippen LogP contribution in [0.5, 0.6) is 0 Å². The molecule has 18 heavy (non-hydrogen) atoms. The molecule has 0 radical (unpaired) electrons. The van der Waals surface area contributed by atoms with Gasteiger partial charge in [0.1, 0.15) is 0 Å². The van der Waals surface area contributed by atoms with Crippen molar-refractivity contribution in [3.05, 3.63) is 0 Å². The van der Waals surface area contributed by atoms with Crippen LogP contribution in [0.15, 0.2) is 0 Å². The lowest BCUT2D eigenvalue weighted by Crippen LogP contribution is -2.56. The van der Waals surface area contributed by atoms with E-state index < -0.39 is 0 Å². The van der Waals surface area contributed by atoms with Gasteiger partial charge in [0.05, 0.1) is 5.92 Å². The van der Waals surface area contributed by atoms with Gasteiger partial charge in [0.15, 0.2) is 0 Å². The lowest BCUT2D eigenvalue weighted by Gasteiger charge is -2.43. The number of hydrogen-bond donors (Lipinski definition) is 1. The summed E-state index contributed by atoms with van der Waals surface area (Å²) in [6.45, 7) is 8.04. The molecule has 2 unspecified atom stereocenters. The van der Waals surface area contributed by atoms with Crippen molar-refractivity contribution in [3.63, 3.8) is 0 Å². The normalized spacial score (nSPS) is 33.4. The molecule has 0 aromatic rings. The van der Waals surface area contributed by atoms with Crippen molar-refractivity contribution in [1.29, 1.82) is 0 Å². The SMILES string of the molecule is CN1CCCC(C(=O)N2CCC(C)(C)C(N)C2)C1. The third kappa shape index (κ3) is 2.86. The third-order valence-electron chi connectivity index (χ3n) is 4.73. The molecule has 2 aliphatic heterocycles. The first-order valence-corrected chi connectivity index (χ1v) is 7.13. The summed E-state index contributed by atoms with van der Waals surface area (Å²) in [5.74, 6) is 0.518. The highest BCUT2D eigenvalue weighted by Gasteiger charge is 2.37. The number of piperidine rings is 2. The van der Waals surface area contributed by atoms with Gasteiger partial charge >= 0.3 is 0 Å². The van der Waals surface area contributed by atoms with E-state index in [9.17, 15) is 4.79 Å². The second-order valence-corrected chi connectivity index (χ2v) is 6.73. The molecule has 4 heteroatoms. The molecule has 104 valence electrons. The van der Waals surface area contributed by atoms with Crippen LogP contribution >= 0.6 is 0 Å². The molecule has 2 atom stereocenters. The van der Waals surface area contributed by atoms with Crippen molar-refractivity contribution in [2.45, 2.75) is 39.2 Å². The van der Waals surface area contributed by atoms with Crippen molar-refractivity contribution < 1.29 is 4.79 Å². The Bertz CT molecular complexity index is 316. The second-order valence-electron chi connectivity index (χ2n) is 6.73. The molecule has 2 heterocycles. The monoisotopic (exact) mass is 253 g/mol. The number of carbonyl (C=O) groups is 1. The van der Waals surface area contributed by atoms with Crippen LogP contribution in [0, 0.1) is 11.3 Å². The summed E-state index contributed by atoms with van der Waals surface area (Å²) < 4.78 is 0. The van der Waals surface area contributed by atoms with Crippen LogP contribution in [0.1, 0.15) is 33.1 Å². The van der Waals surface area contributed by atoms with Crippen LogP contribution < -0.4 is 5.73 Å². The van der Waals surface area contributed by atoms with Crippen LogP contribution in [-0.4, -0.2) is 55.0 Å². The van der Waals surface area contributed by atoms with Crippen molar-refractivity contribution in [2.24, 2.45) is 17.1 Å². The number of likely N-dealkylation sites (tertiary alicyclic amines) is 2. The van der Waals surface area contributed by atoms with Gasteiger partial charge in [0, 0.05) is 25.7 Å². The molecule has 2 aliphatic rings. The largest absolute Gasteiger partial charge is 0.341 e. The zero-order valence-corrected chi connectivity index (χ0v) is 12.0. The fourth-order valence-corrected chi connectivity index (χ4v) is 3.01. The number of amides is 1. The van der Waals surface area contributed by atoms with E-state index in [4.69, 9.17) is 5.73 Å².